The van der Waals surface area contributed by atoms with Gasteiger partial charge in [-0.3, -0.25) is 0 Å². The van der Waals surface area contributed by atoms with E-state index in [1.807, 2.05) is 19.1 Å². The lowest BCUT2D eigenvalue weighted by atomic mass is 10.1. The van der Waals surface area contributed by atoms with E-state index in [-0.39, 0.29) is 5.97 Å². The van der Waals surface area contributed by atoms with E-state index in [4.69, 9.17) is 4.74 Å². The third-order valence-electron chi connectivity index (χ3n) is 3.72. The van der Waals surface area contributed by atoms with E-state index in [0.29, 0.717) is 18.7 Å². The van der Waals surface area contributed by atoms with Crippen molar-refractivity contribution in [2.45, 2.75) is 26.9 Å². The quantitative estimate of drug-likeness (QED) is 0.482. The van der Waals surface area contributed by atoms with Crippen LogP contribution in [-0.2, 0) is 17.8 Å². The molecule has 0 unspecified atom stereocenters. The lowest BCUT2D eigenvalue weighted by Gasteiger charge is -2.11. The van der Waals surface area contributed by atoms with Crippen molar-refractivity contribution < 1.29 is 9.53 Å². The van der Waals surface area contributed by atoms with Crippen LogP contribution in [0.5, 0.6) is 0 Å². The lowest BCUT2D eigenvalue weighted by Crippen LogP contribution is -2.36. The Hall–Kier alpha value is -2.82. The predicted molar refractivity (Wildman–Crippen MR) is 101 cm³/mol. The fourth-order valence-electron chi connectivity index (χ4n) is 2.27. The Balaban J connectivity index is 1.96. The molecule has 0 bridgehead atoms. The number of rotatable bonds is 6. The molecule has 0 atom stereocenters. The van der Waals surface area contributed by atoms with Gasteiger partial charge in [-0.1, -0.05) is 42.0 Å². The van der Waals surface area contributed by atoms with Crippen molar-refractivity contribution in [1.82, 2.24) is 10.6 Å². The van der Waals surface area contributed by atoms with Crippen LogP contribution in [0.4, 0.5) is 0 Å². The van der Waals surface area contributed by atoms with Gasteiger partial charge in [0.2, 0.25) is 0 Å². The number of benzene rings is 2. The molecule has 132 valence electrons. The highest BCUT2D eigenvalue weighted by molar-refractivity contribution is 5.89. The monoisotopic (exact) mass is 339 g/mol. The molecule has 25 heavy (non-hydrogen) atoms. The first-order chi connectivity index (χ1) is 12.1. The number of guanidine groups is 1. The van der Waals surface area contributed by atoms with Crippen LogP contribution in [0.1, 0.15) is 34.0 Å². The topological polar surface area (TPSA) is 62.7 Å². The van der Waals surface area contributed by atoms with E-state index >= 15 is 0 Å². The van der Waals surface area contributed by atoms with Crippen LogP contribution in [0.25, 0.3) is 0 Å². The van der Waals surface area contributed by atoms with E-state index in [1.165, 1.54) is 18.2 Å². The van der Waals surface area contributed by atoms with Gasteiger partial charge in [0.25, 0.3) is 0 Å². The van der Waals surface area contributed by atoms with Crippen molar-refractivity contribution in [3.63, 3.8) is 0 Å². The van der Waals surface area contributed by atoms with Gasteiger partial charge in [-0.2, -0.15) is 0 Å². The number of ether oxygens (including phenoxy) is 1. The number of carbonyl (C=O) groups is 1. The molecule has 0 saturated carbocycles. The van der Waals surface area contributed by atoms with Gasteiger partial charge < -0.3 is 15.4 Å². The maximum atomic E-state index is 11.4. The highest BCUT2D eigenvalue weighted by atomic mass is 16.5. The molecule has 0 spiro atoms. The normalized spacial score (nSPS) is 11.1. The van der Waals surface area contributed by atoms with E-state index in [9.17, 15) is 4.79 Å². The number of nitrogens with one attached hydrogen (secondary N) is 2. The van der Waals surface area contributed by atoms with Gasteiger partial charge in [0.1, 0.15) is 0 Å². The molecule has 0 heterocycles. The summed E-state index contributed by atoms with van der Waals surface area (Å²) in [5, 5.41) is 6.57. The van der Waals surface area contributed by atoms with E-state index in [2.05, 4.69) is 46.8 Å². The highest BCUT2D eigenvalue weighted by Crippen LogP contribution is 2.07. The summed E-state index contributed by atoms with van der Waals surface area (Å²) in [6.07, 6.45) is 0. The first-order valence-corrected chi connectivity index (χ1v) is 8.37. The van der Waals surface area contributed by atoms with Crippen LogP contribution in [0.15, 0.2) is 53.5 Å². The molecule has 0 aromatic heterocycles. The molecule has 0 aliphatic heterocycles. The molecule has 0 aliphatic carbocycles. The summed E-state index contributed by atoms with van der Waals surface area (Å²) in [5.74, 6) is 0.434. The fourth-order valence-corrected chi connectivity index (χ4v) is 2.27. The summed E-state index contributed by atoms with van der Waals surface area (Å²) in [4.78, 5) is 16.0. The highest BCUT2D eigenvalue weighted by Gasteiger charge is 2.04. The number of methoxy groups -OCH3 is 1. The fraction of sp³-hybridized carbons (Fsp3) is 0.300. The Kier molecular flexibility index (Phi) is 7.01. The van der Waals surface area contributed by atoms with Gasteiger partial charge in [-0.05, 0) is 37.1 Å². The number of nitrogens with zero attached hydrogens (tertiary/aromatic N) is 1. The summed E-state index contributed by atoms with van der Waals surface area (Å²) < 4.78 is 4.70. The van der Waals surface area contributed by atoms with E-state index in [0.717, 1.165) is 18.1 Å². The zero-order chi connectivity index (χ0) is 18.1. The zero-order valence-corrected chi connectivity index (χ0v) is 15.0. The molecule has 5 heteroatoms. The molecule has 2 N–H and O–H groups in total. The first kappa shape index (κ1) is 18.5. The largest absolute Gasteiger partial charge is 0.465 e. The predicted octanol–water partition coefficient (Wildman–Crippen LogP) is 3.04. The lowest BCUT2D eigenvalue weighted by molar-refractivity contribution is 0.0600. The van der Waals surface area contributed by atoms with Gasteiger partial charge >= 0.3 is 5.97 Å². The number of hydrogen-bond donors (Lipinski definition) is 2. The zero-order valence-electron chi connectivity index (χ0n) is 15.0. The van der Waals surface area contributed by atoms with Crippen LogP contribution in [0.2, 0.25) is 0 Å². The minimum Gasteiger partial charge on any atom is -0.465 e. The molecule has 2 rings (SSSR count). The molecule has 0 aliphatic rings. The third kappa shape index (κ3) is 5.95. The maximum Gasteiger partial charge on any atom is 0.337 e. The molecular weight excluding hydrogens is 314 g/mol. The average molecular weight is 339 g/mol. The number of esters is 1. The number of aryl methyl sites for hydroxylation is 1. The number of carbonyl (C=O) groups excluding carboxylic acids is 1. The molecule has 0 radical (unpaired) electrons. The molecule has 0 amide bonds. The van der Waals surface area contributed by atoms with Crippen LogP contribution >= 0.6 is 0 Å². The molecule has 0 fully saturated rings. The Morgan fingerprint density at radius 1 is 1.00 bits per heavy atom. The molecule has 0 saturated heterocycles. The Morgan fingerprint density at radius 2 is 1.64 bits per heavy atom. The van der Waals surface area contributed by atoms with Crippen molar-refractivity contribution in [1.29, 1.82) is 0 Å². The Bertz CT molecular complexity index is 707. The Morgan fingerprint density at radius 3 is 2.24 bits per heavy atom. The summed E-state index contributed by atoms with van der Waals surface area (Å²) in [5.41, 5.74) is 4.03. The summed E-state index contributed by atoms with van der Waals surface area (Å²) in [7, 11) is 1.38. The van der Waals surface area contributed by atoms with Gasteiger partial charge in [0, 0.05) is 13.1 Å². The minimum absolute atomic E-state index is 0.330. The smallest absolute Gasteiger partial charge is 0.337 e. The summed E-state index contributed by atoms with van der Waals surface area (Å²) in [6, 6.07) is 15.7. The van der Waals surface area contributed by atoms with E-state index < -0.39 is 0 Å². The second-order valence-electron chi connectivity index (χ2n) is 5.72. The standard InChI is InChI=1S/C20H25N3O2/c1-4-21-20(22-13-16-7-5-15(2)6-8-16)23-14-17-9-11-18(12-10-17)19(24)25-3/h5-12H,4,13-14H2,1-3H3,(H2,21,22,23). The second kappa shape index (κ2) is 9.47. The minimum atomic E-state index is -0.330. The van der Waals surface area contributed by atoms with Gasteiger partial charge in [0.15, 0.2) is 5.96 Å². The second-order valence-corrected chi connectivity index (χ2v) is 5.72. The van der Waals surface area contributed by atoms with Crippen molar-refractivity contribution >= 4 is 11.9 Å². The van der Waals surface area contributed by atoms with Crippen LogP contribution < -0.4 is 10.6 Å². The summed E-state index contributed by atoms with van der Waals surface area (Å²) >= 11 is 0. The number of aliphatic imine (C=N–C) groups is 1. The van der Waals surface area contributed by atoms with Gasteiger partial charge in [-0.15, -0.1) is 0 Å². The van der Waals surface area contributed by atoms with Crippen molar-refractivity contribution in [3.8, 4) is 0 Å². The van der Waals surface area contributed by atoms with Crippen molar-refractivity contribution in [3.05, 3.63) is 70.8 Å². The molecule has 5 nitrogen and oxygen atoms in total. The van der Waals surface area contributed by atoms with Crippen LogP contribution in [-0.4, -0.2) is 25.6 Å². The molecule has 2 aromatic rings. The summed E-state index contributed by atoms with van der Waals surface area (Å²) in [6.45, 7) is 6.15. The molecular formula is C20H25N3O2. The van der Waals surface area contributed by atoms with Gasteiger partial charge in [0.05, 0.1) is 19.2 Å². The first-order valence-electron chi connectivity index (χ1n) is 8.37. The van der Waals surface area contributed by atoms with Crippen LogP contribution in [0.3, 0.4) is 0 Å². The third-order valence-corrected chi connectivity index (χ3v) is 3.72. The number of hydrogen-bond acceptors (Lipinski definition) is 3. The maximum absolute atomic E-state index is 11.4. The Labute approximate surface area is 149 Å². The average Bonchev–Trinajstić information content (AvgIpc) is 2.65. The molecule has 2 aromatic carbocycles. The SMILES string of the molecule is CCNC(=NCc1ccc(C(=O)OC)cc1)NCc1ccc(C)cc1. The van der Waals surface area contributed by atoms with Crippen LogP contribution in [0, 0.1) is 6.92 Å². The van der Waals surface area contributed by atoms with Gasteiger partial charge in [-0.25, -0.2) is 9.79 Å². The van der Waals surface area contributed by atoms with E-state index in [1.54, 1.807) is 12.1 Å². The van der Waals surface area contributed by atoms with Crippen molar-refractivity contribution in [2.24, 2.45) is 4.99 Å². The van der Waals surface area contributed by atoms with Crippen molar-refractivity contribution in [2.75, 3.05) is 13.7 Å².